The van der Waals surface area contributed by atoms with E-state index in [9.17, 15) is 4.79 Å². The molecule has 29 heavy (non-hydrogen) atoms. The third-order valence-corrected chi connectivity index (χ3v) is 5.56. The standard InChI is InChI=1S/C24H26N2O3/c27-24(28)29-22-12-6-11-21-23(22)19(16-26-21)9-4-5-10-20-15-18(13-14-25-20)17-7-2-1-3-8-17/h1-3,6-8,11-13,16,20,25-26H,4-5,9-10,14-15H2,(H,27,28). The molecule has 0 fully saturated rings. The average Bonchev–Trinajstić information content (AvgIpc) is 3.16. The van der Waals surface area contributed by atoms with Gasteiger partial charge in [-0.3, -0.25) is 0 Å². The molecule has 1 aromatic heterocycles. The molecule has 5 heteroatoms. The normalized spacial score (nSPS) is 16.6. The Balaban J connectivity index is 1.32. The molecule has 1 aliphatic heterocycles. The summed E-state index contributed by atoms with van der Waals surface area (Å²) in [6.07, 6.45) is 8.24. The number of hydrogen-bond acceptors (Lipinski definition) is 3. The molecule has 1 unspecified atom stereocenters. The summed E-state index contributed by atoms with van der Waals surface area (Å²) in [6, 6.07) is 16.6. The number of nitrogens with one attached hydrogen (secondary N) is 2. The summed E-state index contributed by atoms with van der Waals surface area (Å²) >= 11 is 0. The predicted molar refractivity (Wildman–Crippen MR) is 115 cm³/mol. The summed E-state index contributed by atoms with van der Waals surface area (Å²) in [5, 5.41) is 13.5. The van der Waals surface area contributed by atoms with Gasteiger partial charge in [-0.15, -0.1) is 0 Å². The van der Waals surface area contributed by atoms with Crippen molar-refractivity contribution in [1.82, 2.24) is 10.3 Å². The number of aromatic amines is 1. The summed E-state index contributed by atoms with van der Waals surface area (Å²) in [4.78, 5) is 14.2. The highest BCUT2D eigenvalue weighted by Crippen LogP contribution is 2.30. The number of ether oxygens (including phenoxy) is 1. The van der Waals surface area contributed by atoms with E-state index in [0.717, 1.165) is 55.1 Å². The molecule has 5 nitrogen and oxygen atoms in total. The number of carbonyl (C=O) groups is 1. The fourth-order valence-corrected chi connectivity index (χ4v) is 4.16. The van der Waals surface area contributed by atoms with Gasteiger partial charge >= 0.3 is 6.16 Å². The molecule has 0 saturated carbocycles. The predicted octanol–water partition coefficient (Wildman–Crippen LogP) is 5.38. The third kappa shape index (κ3) is 4.69. The van der Waals surface area contributed by atoms with Crippen molar-refractivity contribution in [2.75, 3.05) is 6.54 Å². The minimum absolute atomic E-state index is 0.401. The van der Waals surface area contributed by atoms with Crippen LogP contribution in [-0.2, 0) is 6.42 Å². The molecule has 0 amide bonds. The zero-order valence-corrected chi connectivity index (χ0v) is 16.4. The fraction of sp³-hybridized carbons (Fsp3) is 0.292. The third-order valence-electron chi connectivity index (χ3n) is 5.56. The zero-order valence-electron chi connectivity index (χ0n) is 16.4. The van der Waals surface area contributed by atoms with Crippen LogP contribution < -0.4 is 10.1 Å². The first-order chi connectivity index (χ1) is 14.2. The maximum Gasteiger partial charge on any atom is 0.511 e. The molecule has 3 aromatic rings. The molecular formula is C24H26N2O3. The van der Waals surface area contributed by atoms with Gasteiger partial charge in [0.05, 0.1) is 0 Å². The van der Waals surface area contributed by atoms with Crippen LogP contribution in [0.4, 0.5) is 4.79 Å². The Kier molecular flexibility index (Phi) is 5.96. The maximum atomic E-state index is 11.0. The Morgan fingerprint density at radius 3 is 2.79 bits per heavy atom. The molecule has 1 atom stereocenters. The lowest BCUT2D eigenvalue weighted by Crippen LogP contribution is -2.32. The number of benzene rings is 2. The fourth-order valence-electron chi connectivity index (χ4n) is 4.16. The van der Waals surface area contributed by atoms with Crippen LogP contribution in [0.15, 0.2) is 60.8 Å². The molecule has 150 valence electrons. The molecule has 0 bridgehead atoms. The second kappa shape index (κ2) is 8.97. The van der Waals surface area contributed by atoms with E-state index in [-0.39, 0.29) is 0 Å². The highest BCUT2D eigenvalue weighted by atomic mass is 16.7. The molecule has 0 radical (unpaired) electrons. The van der Waals surface area contributed by atoms with Crippen LogP contribution >= 0.6 is 0 Å². The van der Waals surface area contributed by atoms with Gasteiger partial charge in [0.15, 0.2) is 0 Å². The van der Waals surface area contributed by atoms with E-state index in [1.807, 2.05) is 12.3 Å². The lowest BCUT2D eigenvalue weighted by molar-refractivity contribution is 0.145. The van der Waals surface area contributed by atoms with Crippen LogP contribution in [0.1, 0.15) is 36.8 Å². The molecule has 0 spiro atoms. The number of aryl methyl sites for hydroxylation is 1. The number of aromatic nitrogens is 1. The van der Waals surface area contributed by atoms with Crippen molar-refractivity contribution in [1.29, 1.82) is 0 Å². The first-order valence-electron chi connectivity index (χ1n) is 10.2. The summed E-state index contributed by atoms with van der Waals surface area (Å²) in [5.74, 6) is 0.401. The van der Waals surface area contributed by atoms with Crippen molar-refractivity contribution in [2.24, 2.45) is 0 Å². The van der Waals surface area contributed by atoms with E-state index in [0.29, 0.717) is 11.8 Å². The SMILES string of the molecule is O=C(O)Oc1cccc2[nH]cc(CCCCC3CC(c4ccccc4)=CCN3)c12. The van der Waals surface area contributed by atoms with Crippen LogP contribution in [0.2, 0.25) is 0 Å². The van der Waals surface area contributed by atoms with E-state index < -0.39 is 6.16 Å². The number of rotatable bonds is 7. The quantitative estimate of drug-likeness (QED) is 0.287. The zero-order chi connectivity index (χ0) is 20.1. The number of hydrogen-bond donors (Lipinski definition) is 3. The van der Waals surface area contributed by atoms with Gasteiger partial charge in [0, 0.05) is 29.7 Å². The molecule has 0 aliphatic carbocycles. The van der Waals surface area contributed by atoms with Crippen LogP contribution in [0.3, 0.4) is 0 Å². The highest BCUT2D eigenvalue weighted by Gasteiger charge is 2.16. The topological polar surface area (TPSA) is 74.3 Å². The second-order valence-electron chi connectivity index (χ2n) is 7.51. The van der Waals surface area contributed by atoms with Crippen molar-refractivity contribution >= 4 is 22.6 Å². The van der Waals surface area contributed by atoms with Gasteiger partial charge in [0.1, 0.15) is 5.75 Å². The molecule has 2 heterocycles. The van der Waals surface area contributed by atoms with Gasteiger partial charge in [-0.2, -0.15) is 0 Å². The van der Waals surface area contributed by atoms with Crippen LogP contribution in [-0.4, -0.2) is 28.8 Å². The highest BCUT2D eigenvalue weighted by molar-refractivity contribution is 5.90. The molecule has 2 aromatic carbocycles. The van der Waals surface area contributed by atoms with Crippen molar-refractivity contribution in [2.45, 2.75) is 38.1 Å². The van der Waals surface area contributed by atoms with Crippen LogP contribution in [0, 0.1) is 0 Å². The summed E-state index contributed by atoms with van der Waals surface area (Å²) in [6.45, 7) is 0.924. The smallest absolute Gasteiger partial charge is 0.449 e. The van der Waals surface area contributed by atoms with Crippen LogP contribution in [0.5, 0.6) is 5.75 Å². The Bertz CT molecular complexity index is 1010. The van der Waals surface area contributed by atoms with Crippen molar-refractivity contribution in [3.05, 3.63) is 71.9 Å². The summed E-state index contributed by atoms with van der Waals surface area (Å²) < 4.78 is 4.96. The lowest BCUT2D eigenvalue weighted by Gasteiger charge is -2.24. The van der Waals surface area contributed by atoms with Gasteiger partial charge < -0.3 is 20.1 Å². The monoisotopic (exact) mass is 390 g/mol. The number of carboxylic acid groups (broad SMARTS) is 1. The summed E-state index contributed by atoms with van der Waals surface area (Å²) in [5.41, 5.74) is 4.77. The first kappa shape index (κ1) is 19.3. The Labute approximate surface area is 170 Å². The van der Waals surface area contributed by atoms with E-state index >= 15 is 0 Å². The minimum Gasteiger partial charge on any atom is -0.449 e. The molecule has 1 aliphatic rings. The summed E-state index contributed by atoms with van der Waals surface area (Å²) in [7, 11) is 0. The van der Waals surface area contributed by atoms with Crippen LogP contribution in [0.25, 0.3) is 16.5 Å². The Morgan fingerprint density at radius 2 is 1.97 bits per heavy atom. The van der Waals surface area contributed by atoms with Gasteiger partial charge in [-0.1, -0.05) is 48.9 Å². The van der Waals surface area contributed by atoms with Crippen molar-refractivity contribution in [3.8, 4) is 5.75 Å². The number of unbranched alkanes of at least 4 members (excludes halogenated alkanes) is 1. The Morgan fingerprint density at radius 1 is 1.10 bits per heavy atom. The van der Waals surface area contributed by atoms with Gasteiger partial charge in [-0.25, -0.2) is 4.79 Å². The van der Waals surface area contributed by atoms with Gasteiger partial charge in [0.25, 0.3) is 0 Å². The maximum absolute atomic E-state index is 11.0. The van der Waals surface area contributed by atoms with E-state index in [2.05, 4.69) is 46.7 Å². The Hall–Kier alpha value is -3.05. The molecule has 0 saturated heterocycles. The number of H-pyrrole nitrogens is 1. The van der Waals surface area contributed by atoms with E-state index in [1.165, 1.54) is 11.1 Å². The molecular weight excluding hydrogens is 364 g/mol. The molecule has 3 N–H and O–H groups in total. The largest absolute Gasteiger partial charge is 0.511 e. The number of fused-ring (bicyclic) bond motifs is 1. The minimum atomic E-state index is -1.28. The lowest BCUT2D eigenvalue weighted by atomic mass is 9.92. The van der Waals surface area contributed by atoms with Crippen molar-refractivity contribution < 1.29 is 14.6 Å². The van der Waals surface area contributed by atoms with Crippen molar-refractivity contribution in [3.63, 3.8) is 0 Å². The van der Waals surface area contributed by atoms with Gasteiger partial charge in [0.2, 0.25) is 0 Å². The van der Waals surface area contributed by atoms with E-state index in [4.69, 9.17) is 9.84 Å². The van der Waals surface area contributed by atoms with Gasteiger partial charge in [-0.05, 0) is 54.5 Å². The van der Waals surface area contributed by atoms with E-state index in [1.54, 1.807) is 12.1 Å². The molecule has 4 rings (SSSR count). The first-order valence-corrected chi connectivity index (χ1v) is 10.2. The second-order valence-corrected chi connectivity index (χ2v) is 7.51. The average molecular weight is 390 g/mol.